The zero-order valence-corrected chi connectivity index (χ0v) is 14.7. The first kappa shape index (κ1) is 17.6. The number of fused-ring (bicyclic) bond motifs is 1. The summed E-state index contributed by atoms with van der Waals surface area (Å²) in [5.41, 5.74) is 8.08. The maximum Gasteiger partial charge on any atom is 0.315 e. The fourth-order valence-electron chi connectivity index (χ4n) is 3.14. The van der Waals surface area contributed by atoms with Crippen molar-refractivity contribution in [2.75, 3.05) is 20.3 Å². The van der Waals surface area contributed by atoms with Gasteiger partial charge in [-0.2, -0.15) is 0 Å². The molecule has 0 radical (unpaired) electrons. The van der Waals surface area contributed by atoms with E-state index in [1.807, 2.05) is 49.4 Å². The first-order valence-corrected chi connectivity index (χ1v) is 8.56. The summed E-state index contributed by atoms with van der Waals surface area (Å²) >= 11 is 0. The van der Waals surface area contributed by atoms with E-state index in [1.54, 1.807) is 0 Å². The normalized spacial score (nSPS) is 18.4. The average Bonchev–Trinajstić information content (AvgIpc) is 2.65. The minimum absolute atomic E-state index is 0.103. The Balaban J connectivity index is 1.92. The Labute approximate surface area is 147 Å². The molecule has 3 rings (SSSR count). The van der Waals surface area contributed by atoms with Crippen molar-refractivity contribution in [2.45, 2.75) is 25.8 Å². The highest BCUT2D eigenvalue weighted by molar-refractivity contribution is 5.83. The molecule has 1 saturated heterocycles. The van der Waals surface area contributed by atoms with Gasteiger partial charge in [0.25, 0.3) is 0 Å². The number of nitrogens with two attached hydrogens (primary N) is 1. The van der Waals surface area contributed by atoms with Crippen LogP contribution in [0.4, 0.5) is 0 Å². The van der Waals surface area contributed by atoms with Gasteiger partial charge in [0.05, 0.1) is 23.7 Å². The Morgan fingerprint density at radius 3 is 2.72 bits per heavy atom. The molecule has 1 aromatic heterocycles. The van der Waals surface area contributed by atoms with E-state index in [4.69, 9.17) is 15.2 Å². The van der Waals surface area contributed by atoms with Crippen molar-refractivity contribution >= 4 is 22.9 Å². The lowest BCUT2D eigenvalue weighted by molar-refractivity contribution is -0.154. The number of pyridine rings is 1. The number of aromatic nitrogens is 1. The molecule has 2 aromatic rings. The van der Waals surface area contributed by atoms with Gasteiger partial charge in [0, 0.05) is 24.6 Å². The molecule has 0 amide bonds. The molecule has 2 heterocycles. The predicted octanol–water partition coefficient (Wildman–Crippen LogP) is 3.24. The third-order valence-electron chi connectivity index (χ3n) is 4.78. The first-order valence-electron chi connectivity index (χ1n) is 8.56. The van der Waals surface area contributed by atoms with Gasteiger partial charge in [0.2, 0.25) is 0 Å². The Hall–Kier alpha value is -2.24. The molecule has 5 nitrogen and oxygen atoms in total. The molecule has 0 aliphatic carbocycles. The van der Waals surface area contributed by atoms with Crippen LogP contribution in [0.2, 0.25) is 0 Å². The van der Waals surface area contributed by atoms with Gasteiger partial charge < -0.3 is 15.2 Å². The molecular weight excluding hydrogens is 316 g/mol. The summed E-state index contributed by atoms with van der Waals surface area (Å²) in [5, 5.41) is 1.07. The van der Waals surface area contributed by atoms with Crippen LogP contribution in [0.1, 0.15) is 37.1 Å². The molecule has 1 atom stereocenters. The summed E-state index contributed by atoms with van der Waals surface area (Å²) in [5.74, 6) is -0.204. The zero-order chi connectivity index (χ0) is 17.9. The van der Waals surface area contributed by atoms with Crippen LogP contribution in [-0.4, -0.2) is 31.3 Å². The second-order valence-corrected chi connectivity index (χ2v) is 6.57. The number of hydrogen-bond acceptors (Lipinski definition) is 5. The van der Waals surface area contributed by atoms with E-state index in [0.717, 1.165) is 22.2 Å². The zero-order valence-electron chi connectivity index (χ0n) is 14.7. The number of ether oxygens (including phenoxy) is 2. The standard InChI is InChI=1S/C20H24N2O3/c1-14(21)17-6-5-16-4-3-15(13-18(16)22-17)7-8-20(19(23)24-2)9-11-25-12-10-20/h3-8,13-14H,9-12,21H2,1-2H3/b8-7+/t14-/m1/s1. The first-order chi connectivity index (χ1) is 12.0. The summed E-state index contributed by atoms with van der Waals surface area (Å²) in [7, 11) is 1.43. The number of carbonyl (C=O) groups excluding carboxylic acids is 1. The average molecular weight is 340 g/mol. The Bertz CT molecular complexity index is 793. The molecule has 1 aromatic carbocycles. The topological polar surface area (TPSA) is 74.4 Å². The minimum Gasteiger partial charge on any atom is -0.468 e. The molecule has 25 heavy (non-hydrogen) atoms. The Kier molecular flexibility index (Phi) is 5.16. The monoisotopic (exact) mass is 340 g/mol. The molecule has 2 N–H and O–H groups in total. The molecule has 132 valence electrons. The van der Waals surface area contributed by atoms with Crippen molar-refractivity contribution in [3.8, 4) is 0 Å². The number of carbonyl (C=O) groups is 1. The lowest BCUT2D eigenvalue weighted by atomic mass is 9.79. The van der Waals surface area contributed by atoms with Crippen LogP contribution in [0.15, 0.2) is 36.4 Å². The van der Waals surface area contributed by atoms with E-state index in [2.05, 4.69) is 4.98 Å². The molecule has 0 spiro atoms. The van der Waals surface area contributed by atoms with Crippen LogP contribution in [0, 0.1) is 5.41 Å². The maximum absolute atomic E-state index is 12.3. The second kappa shape index (κ2) is 7.33. The van der Waals surface area contributed by atoms with Gasteiger partial charge in [-0.3, -0.25) is 9.78 Å². The highest BCUT2D eigenvalue weighted by Crippen LogP contribution is 2.34. The van der Waals surface area contributed by atoms with Crippen LogP contribution in [0.5, 0.6) is 0 Å². The lowest BCUT2D eigenvalue weighted by Crippen LogP contribution is -2.36. The predicted molar refractivity (Wildman–Crippen MR) is 97.9 cm³/mol. The van der Waals surface area contributed by atoms with Crippen molar-refractivity contribution in [3.05, 3.63) is 47.7 Å². The molecule has 0 unspecified atom stereocenters. The van der Waals surface area contributed by atoms with E-state index in [0.29, 0.717) is 26.1 Å². The van der Waals surface area contributed by atoms with Crippen LogP contribution in [0.3, 0.4) is 0 Å². The van der Waals surface area contributed by atoms with E-state index in [1.165, 1.54) is 7.11 Å². The third-order valence-corrected chi connectivity index (χ3v) is 4.78. The largest absolute Gasteiger partial charge is 0.468 e. The summed E-state index contributed by atoms with van der Waals surface area (Å²) in [4.78, 5) is 16.9. The van der Waals surface area contributed by atoms with Crippen molar-refractivity contribution in [2.24, 2.45) is 11.1 Å². The van der Waals surface area contributed by atoms with Gasteiger partial charge in [-0.1, -0.05) is 30.4 Å². The van der Waals surface area contributed by atoms with Gasteiger partial charge in [-0.15, -0.1) is 0 Å². The summed E-state index contributed by atoms with van der Waals surface area (Å²) in [6.45, 7) is 3.05. The molecule has 0 saturated carbocycles. The number of methoxy groups -OCH3 is 1. The van der Waals surface area contributed by atoms with Crippen LogP contribution >= 0.6 is 0 Å². The van der Waals surface area contributed by atoms with E-state index in [-0.39, 0.29) is 12.0 Å². The van der Waals surface area contributed by atoms with E-state index < -0.39 is 5.41 Å². The highest BCUT2D eigenvalue weighted by Gasteiger charge is 2.38. The molecule has 1 aliphatic rings. The molecule has 1 aliphatic heterocycles. The van der Waals surface area contributed by atoms with E-state index >= 15 is 0 Å². The van der Waals surface area contributed by atoms with Gasteiger partial charge in [0.1, 0.15) is 0 Å². The molecule has 5 heteroatoms. The summed E-state index contributed by atoms with van der Waals surface area (Å²) in [6, 6.07) is 9.95. The third kappa shape index (κ3) is 3.72. The van der Waals surface area contributed by atoms with Crippen LogP contribution in [0.25, 0.3) is 17.0 Å². The SMILES string of the molecule is COC(=O)C1(/C=C/c2ccc3ccc([C@@H](C)N)nc3c2)CCOCC1. The van der Waals surface area contributed by atoms with Gasteiger partial charge in [-0.05, 0) is 37.5 Å². The highest BCUT2D eigenvalue weighted by atomic mass is 16.5. The van der Waals surface area contributed by atoms with Crippen LogP contribution < -0.4 is 5.73 Å². The molecule has 1 fully saturated rings. The number of rotatable bonds is 4. The number of benzene rings is 1. The minimum atomic E-state index is -0.608. The van der Waals surface area contributed by atoms with Crippen molar-refractivity contribution in [3.63, 3.8) is 0 Å². The lowest BCUT2D eigenvalue weighted by Gasteiger charge is -2.31. The summed E-state index contributed by atoms with van der Waals surface area (Å²) < 4.78 is 10.4. The van der Waals surface area contributed by atoms with Crippen molar-refractivity contribution in [1.29, 1.82) is 0 Å². The fraction of sp³-hybridized carbons (Fsp3) is 0.400. The van der Waals surface area contributed by atoms with Gasteiger partial charge in [0.15, 0.2) is 0 Å². The van der Waals surface area contributed by atoms with Gasteiger partial charge in [-0.25, -0.2) is 0 Å². The summed E-state index contributed by atoms with van der Waals surface area (Å²) in [6.07, 6.45) is 5.20. The fourth-order valence-corrected chi connectivity index (χ4v) is 3.14. The van der Waals surface area contributed by atoms with Gasteiger partial charge >= 0.3 is 5.97 Å². The maximum atomic E-state index is 12.3. The van der Waals surface area contributed by atoms with Crippen LogP contribution in [-0.2, 0) is 14.3 Å². The smallest absolute Gasteiger partial charge is 0.315 e. The number of hydrogen-bond donors (Lipinski definition) is 1. The number of esters is 1. The molecule has 0 bridgehead atoms. The molecular formula is C20H24N2O3. The van der Waals surface area contributed by atoms with Crippen molar-refractivity contribution < 1.29 is 14.3 Å². The Morgan fingerprint density at radius 1 is 1.32 bits per heavy atom. The van der Waals surface area contributed by atoms with Crippen molar-refractivity contribution in [1.82, 2.24) is 4.98 Å². The number of nitrogens with zero attached hydrogens (tertiary/aromatic N) is 1. The second-order valence-electron chi connectivity index (χ2n) is 6.57. The quantitative estimate of drug-likeness (QED) is 0.865. The Morgan fingerprint density at radius 2 is 2.04 bits per heavy atom. The van der Waals surface area contributed by atoms with E-state index in [9.17, 15) is 4.79 Å².